The summed E-state index contributed by atoms with van der Waals surface area (Å²) in [6.07, 6.45) is 0. The first-order valence-corrected chi connectivity index (χ1v) is 14.7. The van der Waals surface area contributed by atoms with Crippen LogP contribution in [-0.2, 0) is 24.8 Å². The van der Waals surface area contributed by atoms with Crippen molar-refractivity contribution in [1.82, 2.24) is 4.31 Å². The minimum Gasteiger partial charge on any atom is -0.379 e. The highest BCUT2D eigenvalue weighted by molar-refractivity contribution is 7.92. The molecule has 0 atom stereocenters. The number of benzene rings is 3. The second kappa shape index (κ2) is 11.4. The number of hydrogen-bond donors (Lipinski definition) is 1. The van der Waals surface area contributed by atoms with E-state index < -0.39 is 20.0 Å². The SMILES string of the molecule is CCN(c1ccccc1)S(=O)(=O)c1ccc(NCC(=O)c2cccc(S(=O)(=O)N3CCOCC3)c2)cc1. The summed E-state index contributed by atoms with van der Waals surface area (Å²) in [5.74, 6) is -0.294. The third-order valence-corrected chi connectivity index (χ3v) is 9.80. The Morgan fingerprint density at radius 1 is 0.892 bits per heavy atom. The Kier molecular flexibility index (Phi) is 8.28. The monoisotopic (exact) mass is 543 g/mol. The van der Waals surface area contributed by atoms with Crippen molar-refractivity contribution in [2.45, 2.75) is 16.7 Å². The van der Waals surface area contributed by atoms with Gasteiger partial charge < -0.3 is 10.1 Å². The average Bonchev–Trinajstić information content (AvgIpc) is 2.93. The molecule has 0 bridgehead atoms. The van der Waals surface area contributed by atoms with Crippen LogP contribution in [0.4, 0.5) is 11.4 Å². The van der Waals surface area contributed by atoms with Gasteiger partial charge in [-0.15, -0.1) is 0 Å². The molecule has 1 saturated heterocycles. The Morgan fingerprint density at radius 2 is 1.57 bits per heavy atom. The highest BCUT2D eigenvalue weighted by atomic mass is 32.2. The molecule has 196 valence electrons. The molecule has 3 aromatic carbocycles. The average molecular weight is 544 g/mol. The van der Waals surface area contributed by atoms with Crippen LogP contribution < -0.4 is 9.62 Å². The third-order valence-electron chi connectivity index (χ3n) is 5.99. The highest BCUT2D eigenvalue weighted by Gasteiger charge is 2.27. The normalized spacial score (nSPS) is 14.7. The molecular weight excluding hydrogens is 514 g/mol. The van der Waals surface area contributed by atoms with E-state index in [2.05, 4.69) is 5.32 Å². The van der Waals surface area contributed by atoms with E-state index in [1.165, 1.54) is 32.9 Å². The smallest absolute Gasteiger partial charge is 0.264 e. The molecule has 0 unspecified atom stereocenters. The van der Waals surface area contributed by atoms with Crippen molar-refractivity contribution >= 4 is 37.2 Å². The number of nitrogens with zero attached hydrogens (tertiary/aromatic N) is 2. The number of Topliss-reactive ketones (excluding diaryl/α,β-unsaturated/α-hetero) is 1. The lowest BCUT2D eigenvalue weighted by Crippen LogP contribution is -2.40. The van der Waals surface area contributed by atoms with Crippen LogP contribution in [0.3, 0.4) is 0 Å². The largest absolute Gasteiger partial charge is 0.379 e. The van der Waals surface area contributed by atoms with Gasteiger partial charge >= 0.3 is 0 Å². The number of ether oxygens (including phenoxy) is 1. The van der Waals surface area contributed by atoms with Crippen LogP contribution in [0.2, 0.25) is 0 Å². The summed E-state index contributed by atoms with van der Waals surface area (Å²) < 4.78 is 60.0. The number of ketones is 1. The van der Waals surface area contributed by atoms with Crippen LogP contribution in [0.25, 0.3) is 0 Å². The van der Waals surface area contributed by atoms with Gasteiger partial charge in [0, 0.05) is 30.9 Å². The standard InChI is InChI=1S/C26H29N3O6S2/c1-2-29(23-8-4-3-5-9-23)37(33,34)24-13-11-22(12-14-24)27-20-26(30)21-7-6-10-25(19-21)36(31,32)28-15-17-35-18-16-28/h3-14,19,27H,2,15-18,20H2,1H3. The Bertz CT molecular complexity index is 1440. The Balaban J connectivity index is 1.43. The van der Waals surface area contributed by atoms with Gasteiger partial charge in [0.05, 0.1) is 35.2 Å². The predicted molar refractivity (Wildman–Crippen MR) is 142 cm³/mol. The van der Waals surface area contributed by atoms with Gasteiger partial charge in [-0.05, 0) is 55.5 Å². The summed E-state index contributed by atoms with van der Waals surface area (Å²) in [6, 6.07) is 21.0. The van der Waals surface area contributed by atoms with E-state index in [1.807, 2.05) is 6.07 Å². The first-order valence-electron chi connectivity index (χ1n) is 11.9. The molecule has 1 N–H and O–H groups in total. The van der Waals surface area contributed by atoms with Crippen LogP contribution in [0, 0.1) is 0 Å². The van der Waals surface area contributed by atoms with Crippen molar-refractivity contribution in [3.8, 4) is 0 Å². The van der Waals surface area contributed by atoms with Crippen molar-refractivity contribution in [1.29, 1.82) is 0 Å². The van der Waals surface area contributed by atoms with E-state index in [0.717, 1.165) is 0 Å². The fourth-order valence-corrected chi connectivity index (χ4v) is 6.94. The van der Waals surface area contributed by atoms with Crippen molar-refractivity contribution in [2.24, 2.45) is 0 Å². The molecule has 11 heteroatoms. The summed E-state index contributed by atoms with van der Waals surface area (Å²) in [7, 11) is -7.47. The zero-order valence-corrected chi connectivity index (χ0v) is 22.0. The van der Waals surface area contributed by atoms with Gasteiger partial charge in [-0.2, -0.15) is 4.31 Å². The van der Waals surface area contributed by atoms with Gasteiger partial charge in [-0.3, -0.25) is 9.10 Å². The topological polar surface area (TPSA) is 113 Å². The van der Waals surface area contributed by atoms with E-state index in [-0.39, 0.29) is 47.3 Å². The lowest BCUT2D eigenvalue weighted by atomic mass is 10.1. The van der Waals surface area contributed by atoms with Crippen LogP contribution >= 0.6 is 0 Å². The molecule has 37 heavy (non-hydrogen) atoms. The number of morpholine rings is 1. The van der Waals surface area contributed by atoms with Gasteiger partial charge in [-0.1, -0.05) is 30.3 Å². The number of sulfonamides is 2. The molecular formula is C26H29N3O6S2. The summed E-state index contributed by atoms with van der Waals surface area (Å²) in [5.41, 5.74) is 1.41. The molecule has 0 saturated carbocycles. The van der Waals surface area contributed by atoms with Gasteiger partial charge in [0.2, 0.25) is 10.0 Å². The van der Waals surface area contributed by atoms with E-state index in [0.29, 0.717) is 24.6 Å². The molecule has 0 amide bonds. The Hall–Kier alpha value is -3.25. The lowest BCUT2D eigenvalue weighted by Gasteiger charge is -2.26. The minimum atomic E-state index is -3.75. The van der Waals surface area contributed by atoms with Gasteiger partial charge in [-0.25, -0.2) is 16.8 Å². The van der Waals surface area contributed by atoms with Gasteiger partial charge in [0.1, 0.15) is 0 Å². The van der Waals surface area contributed by atoms with Crippen molar-refractivity contribution in [3.63, 3.8) is 0 Å². The summed E-state index contributed by atoms with van der Waals surface area (Å²) in [6.45, 7) is 3.19. The molecule has 3 aromatic rings. The van der Waals surface area contributed by atoms with Crippen LogP contribution in [0.15, 0.2) is 88.7 Å². The fraction of sp³-hybridized carbons (Fsp3) is 0.269. The second-order valence-electron chi connectivity index (χ2n) is 8.35. The second-order valence-corrected chi connectivity index (χ2v) is 12.2. The van der Waals surface area contributed by atoms with Crippen LogP contribution in [0.5, 0.6) is 0 Å². The number of rotatable bonds is 10. The summed E-state index contributed by atoms with van der Waals surface area (Å²) in [5, 5.41) is 2.98. The van der Waals surface area contributed by atoms with E-state index in [1.54, 1.807) is 55.5 Å². The molecule has 9 nitrogen and oxygen atoms in total. The first-order chi connectivity index (χ1) is 17.7. The molecule has 0 radical (unpaired) electrons. The molecule has 1 aliphatic rings. The minimum absolute atomic E-state index is 0.0636. The number of carbonyl (C=O) groups is 1. The lowest BCUT2D eigenvalue weighted by molar-refractivity contribution is 0.0730. The molecule has 0 spiro atoms. The van der Waals surface area contributed by atoms with Crippen LogP contribution in [-0.4, -0.2) is 66.3 Å². The quantitative estimate of drug-likeness (QED) is 0.391. The number of anilines is 2. The molecule has 1 fully saturated rings. The zero-order chi connectivity index (χ0) is 26.5. The van der Waals surface area contributed by atoms with Crippen molar-refractivity contribution in [2.75, 3.05) is 49.0 Å². The highest BCUT2D eigenvalue weighted by Crippen LogP contribution is 2.24. The Morgan fingerprint density at radius 3 is 2.22 bits per heavy atom. The third kappa shape index (κ3) is 6.02. The Labute approximate surface area is 217 Å². The van der Waals surface area contributed by atoms with Crippen molar-refractivity contribution in [3.05, 3.63) is 84.4 Å². The predicted octanol–water partition coefficient (Wildman–Crippen LogP) is 3.22. The number of hydrogen-bond acceptors (Lipinski definition) is 7. The van der Waals surface area contributed by atoms with E-state index >= 15 is 0 Å². The maximum absolute atomic E-state index is 13.1. The number of carbonyl (C=O) groups excluding carboxylic acids is 1. The first kappa shape index (κ1) is 26.8. The molecule has 0 aromatic heterocycles. The molecule has 1 aliphatic heterocycles. The number of nitrogens with one attached hydrogen (secondary N) is 1. The number of para-hydroxylation sites is 1. The van der Waals surface area contributed by atoms with Gasteiger partial charge in [0.15, 0.2) is 5.78 Å². The molecule has 0 aliphatic carbocycles. The molecule has 1 heterocycles. The zero-order valence-electron chi connectivity index (χ0n) is 20.4. The van der Waals surface area contributed by atoms with Crippen molar-refractivity contribution < 1.29 is 26.4 Å². The van der Waals surface area contributed by atoms with Gasteiger partial charge in [0.25, 0.3) is 10.0 Å². The summed E-state index contributed by atoms with van der Waals surface area (Å²) >= 11 is 0. The maximum atomic E-state index is 13.1. The van der Waals surface area contributed by atoms with E-state index in [9.17, 15) is 21.6 Å². The maximum Gasteiger partial charge on any atom is 0.264 e. The van der Waals surface area contributed by atoms with Crippen LogP contribution in [0.1, 0.15) is 17.3 Å². The summed E-state index contributed by atoms with van der Waals surface area (Å²) in [4.78, 5) is 13.0. The molecule has 4 rings (SSSR count). The fourth-order valence-electron chi connectivity index (χ4n) is 4.01. The van der Waals surface area contributed by atoms with E-state index in [4.69, 9.17) is 4.74 Å².